The minimum Gasteiger partial charge on any atom is -0.481 e. The van der Waals surface area contributed by atoms with Crippen molar-refractivity contribution in [2.45, 2.75) is 121 Å². The Morgan fingerprint density at radius 2 is 1.13 bits per heavy atom. The van der Waals surface area contributed by atoms with Gasteiger partial charge in [0.25, 0.3) is 0 Å². The minimum atomic E-state index is -1.50. The molecule has 10 N–H and O–H groups in total. The predicted octanol–water partition coefficient (Wildman–Crippen LogP) is 1.46. The van der Waals surface area contributed by atoms with Crippen LogP contribution < -0.4 is 26.6 Å². The number of amides is 4. The Kier molecular flexibility index (Phi) is 23.1. The van der Waals surface area contributed by atoms with Crippen LogP contribution in [-0.4, -0.2) is 117 Å². The minimum absolute atomic E-state index is 0.0113. The molecule has 0 bridgehead atoms. The van der Waals surface area contributed by atoms with E-state index in [1.54, 1.807) is 12.3 Å². The van der Waals surface area contributed by atoms with E-state index in [2.05, 4.69) is 31.6 Å². The van der Waals surface area contributed by atoms with E-state index in [9.17, 15) is 48.6 Å². The molecule has 0 spiro atoms. The van der Waals surface area contributed by atoms with Crippen molar-refractivity contribution in [3.05, 3.63) is 12.3 Å². The Morgan fingerprint density at radius 1 is 0.585 bits per heavy atom. The topological polar surface area (TPSA) is 310 Å². The summed E-state index contributed by atoms with van der Waals surface area (Å²) < 4.78 is 0. The molecule has 0 saturated carbocycles. The van der Waals surface area contributed by atoms with Crippen molar-refractivity contribution in [3.63, 3.8) is 0 Å². The maximum absolute atomic E-state index is 12.3. The molecule has 4 amide bonds. The van der Waals surface area contributed by atoms with Gasteiger partial charge in [0.1, 0.15) is 18.1 Å². The quantitative estimate of drug-likeness (QED) is 0.0448. The van der Waals surface area contributed by atoms with Crippen molar-refractivity contribution in [2.24, 2.45) is 10.9 Å². The summed E-state index contributed by atoms with van der Waals surface area (Å²) in [6.45, 7) is 1.55. The lowest BCUT2D eigenvalue weighted by Crippen LogP contribution is -2.51. The molecule has 298 valence electrons. The number of carbonyl (C=O) groups excluding carboxylic acids is 3. The second-order valence-corrected chi connectivity index (χ2v) is 12.7. The van der Waals surface area contributed by atoms with E-state index in [0.29, 0.717) is 70.9 Å². The number of nitrogens with zero attached hydrogens (tertiary/aromatic N) is 1. The van der Waals surface area contributed by atoms with E-state index in [1.807, 2.05) is 0 Å². The Balaban J connectivity index is 2.13. The van der Waals surface area contributed by atoms with Crippen LogP contribution in [0.25, 0.3) is 0 Å². The van der Waals surface area contributed by atoms with Crippen LogP contribution in [0.5, 0.6) is 0 Å². The lowest BCUT2D eigenvalue weighted by Gasteiger charge is -2.18. The van der Waals surface area contributed by atoms with Crippen LogP contribution in [0.2, 0.25) is 0 Å². The molecule has 53 heavy (non-hydrogen) atoms. The maximum atomic E-state index is 12.3. The van der Waals surface area contributed by atoms with Gasteiger partial charge in [0.15, 0.2) is 0 Å². The zero-order chi connectivity index (χ0) is 39.6. The van der Waals surface area contributed by atoms with Gasteiger partial charge in [-0.2, -0.15) is 0 Å². The van der Waals surface area contributed by atoms with Crippen LogP contribution in [0.3, 0.4) is 0 Å². The number of rotatable bonds is 31. The summed E-state index contributed by atoms with van der Waals surface area (Å²) in [6, 6.07) is -4.86. The summed E-state index contributed by atoms with van der Waals surface area (Å²) in [5.41, 5.74) is 0.825. The molecule has 4 unspecified atom stereocenters. The summed E-state index contributed by atoms with van der Waals surface area (Å²) in [5.74, 6) is -6.73. The number of carboxylic acids is 5. The summed E-state index contributed by atoms with van der Waals surface area (Å²) in [4.78, 5) is 96.7. The average Bonchev–Trinajstić information content (AvgIpc) is 3.51. The molecular formula is C34H54N6O13. The molecule has 1 heterocycles. The number of carbonyl (C=O) groups is 8. The highest BCUT2D eigenvalue weighted by atomic mass is 16.4. The molecule has 0 aromatic carbocycles. The Morgan fingerprint density at radius 3 is 1.70 bits per heavy atom. The standard InChI is InChI=1S/C34H54N6O13/c41-27(37-18-8-6-10-25(32(49)50)39-34(53)40-26(33(51)52)13-14-29(43)44)11-3-1-2-4-12-28(42)38-24(31(47)48)9-5-7-17-35-19-16-23-22(15-20-36-23)21-30(45)46/h15,20,22,24-26,35H,1-14,16-19,21H2,(H,37,41)(H,38,42)(H,43,44)(H,45,46)(H,47,48)(H,49,50)(H,51,52)(H2,39,40,53). The lowest BCUT2D eigenvalue weighted by molar-refractivity contribution is -0.142. The first-order valence-electron chi connectivity index (χ1n) is 17.9. The third-order valence-corrected chi connectivity index (χ3v) is 8.32. The highest BCUT2D eigenvalue weighted by Crippen LogP contribution is 2.16. The second kappa shape index (κ2) is 26.7. The Bertz CT molecular complexity index is 1310. The molecule has 0 aromatic heterocycles. The predicted molar refractivity (Wildman–Crippen MR) is 189 cm³/mol. The monoisotopic (exact) mass is 754 g/mol. The van der Waals surface area contributed by atoms with E-state index in [1.165, 1.54) is 0 Å². The number of carboxylic acid groups (broad SMARTS) is 5. The van der Waals surface area contributed by atoms with Crippen molar-refractivity contribution in [1.82, 2.24) is 26.6 Å². The first kappa shape index (κ1) is 46.0. The van der Waals surface area contributed by atoms with E-state index in [0.717, 1.165) is 5.71 Å². The van der Waals surface area contributed by atoms with Crippen LogP contribution >= 0.6 is 0 Å². The van der Waals surface area contributed by atoms with Gasteiger partial charge in [-0.05, 0) is 70.8 Å². The summed E-state index contributed by atoms with van der Waals surface area (Å²) in [6.07, 6.45) is 8.40. The summed E-state index contributed by atoms with van der Waals surface area (Å²) in [7, 11) is 0. The smallest absolute Gasteiger partial charge is 0.326 e. The van der Waals surface area contributed by atoms with Gasteiger partial charge in [-0.3, -0.25) is 24.2 Å². The van der Waals surface area contributed by atoms with Crippen LogP contribution in [-0.2, 0) is 33.6 Å². The first-order chi connectivity index (χ1) is 25.2. The second-order valence-electron chi connectivity index (χ2n) is 12.7. The van der Waals surface area contributed by atoms with Gasteiger partial charge in [-0.1, -0.05) is 18.9 Å². The highest BCUT2D eigenvalue weighted by Gasteiger charge is 2.25. The van der Waals surface area contributed by atoms with Crippen LogP contribution in [0.15, 0.2) is 17.3 Å². The highest BCUT2D eigenvalue weighted by molar-refractivity contribution is 5.93. The molecule has 0 aromatic rings. The van der Waals surface area contributed by atoms with Crippen LogP contribution in [0.1, 0.15) is 103 Å². The molecule has 0 saturated heterocycles. The summed E-state index contributed by atoms with van der Waals surface area (Å²) in [5, 5.41) is 58.5. The summed E-state index contributed by atoms with van der Waals surface area (Å²) >= 11 is 0. The zero-order valence-electron chi connectivity index (χ0n) is 29.8. The molecule has 1 aliphatic rings. The number of allylic oxidation sites excluding steroid dienone is 1. The fourth-order valence-electron chi connectivity index (χ4n) is 5.39. The van der Waals surface area contributed by atoms with Crippen LogP contribution in [0, 0.1) is 5.92 Å². The number of unbranched alkanes of at least 4 members (excludes halogenated alkanes) is 5. The number of hydrogen-bond acceptors (Lipinski definition) is 10. The first-order valence-corrected chi connectivity index (χ1v) is 17.9. The molecule has 19 nitrogen and oxygen atoms in total. The molecule has 1 aliphatic heterocycles. The number of urea groups is 1. The van der Waals surface area contributed by atoms with Gasteiger partial charge in [-0.15, -0.1) is 0 Å². The van der Waals surface area contributed by atoms with E-state index < -0.39 is 60.4 Å². The molecule has 19 heteroatoms. The van der Waals surface area contributed by atoms with Crippen molar-refractivity contribution in [3.8, 4) is 0 Å². The molecule has 0 fully saturated rings. The van der Waals surface area contributed by atoms with Gasteiger partial charge in [-0.25, -0.2) is 19.2 Å². The van der Waals surface area contributed by atoms with Gasteiger partial charge in [0.05, 0.1) is 6.42 Å². The molecule has 4 atom stereocenters. The number of hydrogen-bond donors (Lipinski definition) is 10. The van der Waals surface area contributed by atoms with Crippen molar-refractivity contribution in [1.29, 1.82) is 0 Å². The van der Waals surface area contributed by atoms with Crippen molar-refractivity contribution >= 4 is 53.4 Å². The molecule has 0 aliphatic carbocycles. The van der Waals surface area contributed by atoms with Gasteiger partial charge in [0.2, 0.25) is 11.8 Å². The van der Waals surface area contributed by atoms with Gasteiger partial charge < -0.3 is 52.1 Å². The SMILES string of the molecule is O=C(O)CCC(NC(=O)NC(CCCCNC(=O)CCCCCCC(=O)NC(CCCCNCCC1=NC=CC1CC(=O)O)C(=O)O)C(=O)O)C(=O)O. The molecular weight excluding hydrogens is 700 g/mol. The fourth-order valence-corrected chi connectivity index (χ4v) is 5.39. The number of aliphatic imine (C=N–C) groups is 1. The van der Waals surface area contributed by atoms with E-state index in [-0.39, 0.29) is 62.8 Å². The Hall–Kier alpha value is -5.07. The van der Waals surface area contributed by atoms with E-state index >= 15 is 0 Å². The van der Waals surface area contributed by atoms with Gasteiger partial charge >= 0.3 is 35.9 Å². The normalized spacial score (nSPS) is 15.0. The third kappa shape index (κ3) is 22.5. The molecule has 1 rings (SSSR count). The Labute approximate surface area is 307 Å². The zero-order valence-corrected chi connectivity index (χ0v) is 29.8. The van der Waals surface area contributed by atoms with Crippen molar-refractivity contribution in [2.75, 3.05) is 19.6 Å². The third-order valence-electron chi connectivity index (χ3n) is 8.32. The largest absolute Gasteiger partial charge is 0.481 e. The number of nitrogens with one attached hydrogen (secondary N) is 5. The van der Waals surface area contributed by atoms with E-state index in [4.69, 9.17) is 15.3 Å². The number of aliphatic carboxylic acids is 5. The molecule has 0 radical (unpaired) electrons. The fraction of sp³-hybridized carbons (Fsp3) is 0.676. The van der Waals surface area contributed by atoms with Gasteiger partial charge in [0, 0.05) is 50.2 Å². The van der Waals surface area contributed by atoms with Crippen LogP contribution in [0.4, 0.5) is 4.79 Å². The lowest BCUT2D eigenvalue weighted by atomic mass is 9.98. The van der Waals surface area contributed by atoms with Crippen molar-refractivity contribution < 1.29 is 63.9 Å². The maximum Gasteiger partial charge on any atom is 0.326 e. The average molecular weight is 755 g/mol.